The van der Waals surface area contributed by atoms with E-state index in [-0.39, 0.29) is 10.8 Å². The van der Waals surface area contributed by atoms with Crippen molar-refractivity contribution < 1.29 is 12.8 Å². The number of benzene rings is 1. The van der Waals surface area contributed by atoms with Crippen LogP contribution in [0.2, 0.25) is 0 Å². The topological polar surface area (TPSA) is 87.7 Å². The summed E-state index contributed by atoms with van der Waals surface area (Å²) in [6.45, 7) is 1.58. The van der Waals surface area contributed by atoms with E-state index in [0.29, 0.717) is 5.56 Å². The molecule has 0 aliphatic heterocycles. The van der Waals surface area contributed by atoms with Gasteiger partial charge in [-0.15, -0.1) is 0 Å². The number of sulfonamides is 1. The SMILES string of the molecule is Cc1ccc(F)cc1S(=O)(=O)Nc1ncn[nH]1. The summed E-state index contributed by atoms with van der Waals surface area (Å²) in [4.78, 5) is 3.50. The lowest BCUT2D eigenvalue weighted by Crippen LogP contribution is -2.15. The molecule has 2 rings (SSSR count). The maximum absolute atomic E-state index is 13.0. The predicted octanol–water partition coefficient (Wildman–Crippen LogP) is 1.05. The van der Waals surface area contributed by atoms with Gasteiger partial charge in [0.2, 0.25) is 5.95 Å². The van der Waals surface area contributed by atoms with Gasteiger partial charge in [0.15, 0.2) is 0 Å². The van der Waals surface area contributed by atoms with Crippen molar-refractivity contribution in [1.82, 2.24) is 15.2 Å². The van der Waals surface area contributed by atoms with Crippen molar-refractivity contribution in [2.24, 2.45) is 0 Å². The molecule has 0 radical (unpaired) electrons. The molecule has 0 saturated carbocycles. The molecule has 0 fully saturated rings. The Balaban J connectivity index is 2.41. The lowest BCUT2D eigenvalue weighted by Gasteiger charge is -2.07. The van der Waals surface area contributed by atoms with Crippen molar-refractivity contribution in [2.75, 3.05) is 4.72 Å². The van der Waals surface area contributed by atoms with Crippen molar-refractivity contribution in [3.05, 3.63) is 35.9 Å². The number of nitrogens with one attached hydrogen (secondary N) is 2. The molecule has 1 aromatic carbocycles. The molecule has 2 N–H and O–H groups in total. The van der Waals surface area contributed by atoms with Gasteiger partial charge in [0, 0.05) is 0 Å². The number of rotatable bonds is 3. The number of aryl methyl sites for hydroxylation is 1. The maximum Gasteiger partial charge on any atom is 0.264 e. The fourth-order valence-corrected chi connectivity index (χ4v) is 2.52. The zero-order valence-electron chi connectivity index (χ0n) is 8.81. The molecule has 0 aliphatic rings. The molecule has 0 aliphatic carbocycles. The predicted molar refractivity (Wildman–Crippen MR) is 58.3 cm³/mol. The molecule has 2 aromatic rings. The summed E-state index contributed by atoms with van der Waals surface area (Å²) < 4.78 is 39.0. The van der Waals surface area contributed by atoms with Crippen LogP contribution < -0.4 is 4.72 Å². The van der Waals surface area contributed by atoms with Gasteiger partial charge in [-0.1, -0.05) is 6.07 Å². The number of hydrogen-bond donors (Lipinski definition) is 2. The number of halogens is 1. The van der Waals surface area contributed by atoms with Crippen molar-refractivity contribution in [1.29, 1.82) is 0 Å². The summed E-state index contributed by atoms with van der Waals surface area (Å²) in [5, 5.41) is 5.85. The molecule has 0 bridgehead atoms. The fourth-order valence-electron chi connectivity index (χ4n) is 1.30. The highest BCUT2D eigenvalue weighted by Crippen LogP contribution is 2.18. The van der Waals surface area contributed by atoms with Gasteiger partial charge in [0.1, 0.15) is 12.1 Å². The largest absolute Gasteiger partial charge is 0.264 e. The first kappa shape index (κ1) is 11.5. The highest BCUT2D eigenvalue weighted by molar-refractivity contribution is 7.92. The fraction of sp³-hybridized carbons (Fsp3) is 0.111. The van der Waals surface area contributed by atoms with Gasteiger partial charge >= 0.3 is 0 Å². The molecule has 0 saturated heterocycles. The van der Waals surface area contributed by atoms with E-state index >= 15 is 0 Å². The van der Waals surface area contributed by atoms with Crippen LogP contribution in [0.1, 0.15) is 5.56 Å². The minimum absolute atomic E-state index is 0.0198. The van der Waals surface area contributed by atoms with Gasteiger partial charge in [-0.2, -0.15) is 10.1 Å². The summed E-state index contributed by atoms with van der Waals surface area (Å²) >= 11 is 0. The van der Waals surface area contributed by atoms with Gasteiger partial charge < -0.3 is 0 Å². The van der Waals surface area contributed by atoms with Crippen molar-refractivity contribution in [2.45, 2.75) is 11.8 Å². The van der Waals surface area contributed by atoms with Gasteiger partial charge in [0.05, 0.1) is 4.90 Å². The second-order valence-corrected chi connectivity index (χ2v) is 5.00. The van der Waals surface area contributed by atoms with E-state index in [2.05, 4.69) is 19.9 Å². The zero-order chi connectivity index (χ0) is 12.5. The Labute approximate surface area is 96.9 Å². The third kappa shape index (κ3) is 2.41. The van der Waals surface area contributed by atoms with E-state index in [1.165, 1.54) is 12.1 Å². The standard InChI is InChI=1S/C9H9FN4O2S/c1-6-2-3-7(10)4-8(6)17(15,16)14-9-11-5-12-13-9/h2-5H,1H3,(H2,11,12,13,14). The van der Waals surface area contributed by atoms with E-state index in [9.17, 15) is 12.8 Å². The number of nitrogens with zero attached hydrogens (tertiary/aromatic N) is 2. The quantitative estimate of drug-likeness (QED) is 0.859. The Hall–Kier alpha value is -1.96. The third-order valence-corrected chi connectivity index (χ3v) is 3.57. The molecule has 0 atom stereocenters. The van der Waals surface area contributed by atoms with Crippen LogP contribution >= 0.6 is 0 Å². The normalized spacial score (nSPS) is 11.4. The van der Waals surface area contributed by atoms with Crippen LogP contribution in [0.15, 0.2) is 29.4 Å². The van der Waals surface area contributed by atoms with Crippen LogP contribution in [-0.4, -0.2) is 23.6 Å². The van der Waals surface area contributed by atoms with E-state index in [0.717, 1.165) is 12.4 Å². The van der Waals surface area contributed by atoms with E-state index in [1.54, 1.807) is 6.92 Å². The van der Waals surface area contributed by atoms with Crippen LogP contribution in [0.4, 0.5) is 10.3 Å². The van der Waals surface area contributed by atoms with Gasteiger partial charge in [-0.25, -0.2) is 22.6 Å². The lowest BCUT2D eigenvalue weighted by atomic mass is 10.2. The Kier molecular flexibility index (Phi) is 2.80. The van der Waals surface area contributed by atoms with Gasteiger partial charge in [0.25, 0.3) is 10.0 Å². The Morgan fingerprint density at radius 1 is 1.41 bits per heavy atom. The summed E-state index contributed by atoms with van der Waals surface area (Å²) in [5.74, 6) is -0.637. The molecular weight excluding hydrogens is 247 g/mol. The Morgan fingerprint density at radius 2 is 2.18 bits per heavy atom. The molecule has 0 unspecified atom stereocenters. The smallest absolute Gasteiger partial charge is 0.248 e. The maximum atomic E-state index is 13.0. The second kappa shape index (κ2) is 4.13. The Bertz CT molecular complexity index is 624. The number of H-pyrrole nitrogens is 1. The molecule has 6 nitrogen and oxygen atoms in total. The van der Waals surface area contributed by atoms with Crippen molar-refractivity contribution >= 4 is 16.0 Å². The minimum Gasteiger partial charge on any atom is -0.248 e. The number of aromatic nitrogens is 3. The summed E-state index contributed by atoms with van der Waals surface area (Å²) in [6.07, 6.45) is 1.16. The van der Waals surface area contributed by atoms with Crippen molar-refractivity contribution in [3.8, 4) is 0 Å². The van der Waals surface area contributed by atoms with Crippen LogP contribution in [0, 0.1) is 12.7 Å². The van der Waals surface area contributed by atoms with Crippen LogP contribution in [-0.2, 0) is 10.0 Å². The highest BCUT2D eigenvalue weighted by atomic mass is 32.2. The van der Waals surface area contributed by atoms with Gasteiger partial charge in [-0.3, -0.25) is 0 Å². The number of aromatic amines is 1. The summed E-state index contributed by atoms with van der Waals surface area (Å²) in [6, 6.07) is 3.54. The second-order valence-electron chi connectivity index (χ2n) is 3.35. The molecule has 1 heterocycles. The first-order chi connectivity index (χ1) is 7.99. The average molecular weight is 256 g/mol. The third-order valence-electron chi connectivity index (χ3n) is 2.09. The van der Waals surface area contributed by atoms with Crippen LogP contribution in [0.5, 0.6) is 0 Å². The molecule has 1 aromatic heterocycles. The summed E-state index contributed by atoms with van der Waals surface area (Å²) in [7, 11) is -3.86. The summed E-state index contributed by atoms with van der Waals surface area (Å²) in [5.41, 5.74) is 0.443. The molecule has 8 heteroatoms. The first-order valence-electron chi connectivity index (χ1n) is 4.63. The molecule has 90 valence electrons. The molecule has 0 amide bonds. The average Bonchev–Trinajstić information content (AvgIpc) is 2.73. The van der Waals surface area contributed by atoms with E-state index < -0.39 is 15.8 Å². The monoisotopic (exact) mass is 256 g/mol. The first-order valence-corrected chi connectivity index (χ1v) is 6.12. The van der Waals surface area contributed by atoms with Crippen molar-refractivity contribution in [3.63, 3.8) is 0 Å². The molecule has 0 spiro atoms. The number of hydrogen-bond acceptors (Lipinski definition) is 4. The molecular formula is C9H9FN4O2S. The van der Waals surface area contributed by atoms with E-state index in [4.69, 9.17) is 0 Å². The number of anilines is 1. The molecule has 17 heavy (non-hydrogen) atoms. The van der Waals surface area contributed by atoms with Crippen LogP contribution in [0.3, 0.4) is 0 Å². The van der Waals surface area contributed by atoms with Gasteiger partial charge in [-0.05, 0) is 24.6 Å². The minimum atomic E-state index is -3.86. The lowest BCUT2D eigenvalue weighted by molar-refractivity contribution is 0.594. The Morgan fingerprint density at radius 3 is 2.82 bits per heavy atom. The zero-order valence-corrected chi connectivity index (χ0v) is 9.62. The highest BCUT2D eigenvalue weighted by Gasteiger charge is 2.18. The van der Waals surface area contributed by atoms with E-state index in [1.807, 2.05) is 0 Å². The van der Waals surface area contributed by atoms with Crippen LogP contribution in [0.25, 0.3) is 0 Å².